The van der Waals surface area contributed by atoms with Crippen molar-refractivity contribution in [3.63, 3.8) is 0 Å². The van der Waals surface area contributed by atoms with Crippen molar-refractivity contribution in [3.8, 4) is 17.2 Å². The van der Waals surface area contributed by atoms with Crippen molar-refractivity contribution in [1.82, 2.24) is 10.6 Å². The smallest absolute Gasteiger partial charge is 0.315 e. The van der Waals surface area contributed by atoms with Crippen molar-refractivity contribution in [2.75, 3.05) is 19.9 Å². The SMILES string of the molecule is CC(C)c1ccccc1OCCNC(=O)NCc1ccc2c(c1)OCO2. The van der Waals surface area contributed by atoms with Crippen LogP contribution in [0.2, 0.25) is 0 Å². The number of benzene rings is 2. The quantitative estimate of drug-likeness (QED) is 0.746. The molecule has 0 saturated heterocycles. The van der Waals surface area contributed by atoms with E-state index in [0.717, 1.165) is 17.1 Å². The predicted octanol–water partition coefficient (Wildman–Crippen LogP) is 3.42. The number of nitrogens with one attached hydrogen (secondary N) is 2. The van der Waals surface area contributed by atoms with Gasteiger partial charge in [0.1, 0.15) is 12.4 Å². The third kappa shape index (κ3) is 4.59. The van der Waals surface area contributed by atoms with Gasteiger partial charge in [0.05, 0.1) is 6.54 Å². The monoisotopic (exact) mass is 356 g/mol. The zero-order valence-electron chi connectivity index (χ0n) is 15.1. The number of amides is 2. The highest BCUT2D eigenvalue weighted by Gasteiger charge is 2.13. The van der Waals surface area contributed by atoms with Crippen LogP contribution in [0.5, 0.6) is 17.2 Å². The van der Waals surface area contributed by atoms with Gasteiger partial charge in [-0.25, -0.2) is 4.79 Å². The maximum absolute atomic E-state index is 11.9. The van der Waals surface area contributed by atoms with Gasteiger partial charge in [0.15, 0.2) is 11.5 Å². The van der Waals surface area contributed by atoms with E-state index in [4.69, 9.17) is 14.2 Å². The molecule has 0 saturated carbocycles. The van der Waals surface area contributed by atoms with Crippen LogP contribution in [0.15, 0.2) is 42.5 Å². The summed E-state index contributed by atoms with van der Waals surface area (Å²) in [5, 5.41) is 5.61. The van der Waals surface area contributed by atoms with Gasteiger partial charge in [-0.3, -0.25) is 0 Å². The average molecular weight is 356 g/mol. The molecule has 0 aliphatic carbocycles. The molecule has 1 aliphatic heterocycles. The third-order valence-corrected chi connectivity index (χ3v) is 4.08. The first kappa shape index (κ1) is 17.9. The summed E-state index contributed by atoms with van der Waals surface area (Å²) in [7, 11) is 0. The lowest BCUT2D eigenvalue weighted by atomic mass is 10.0. The second kappa shape index (κ2) is 8.47. The molecule has 0 aromatic heterocycles. The molecule has 2 aromatic rings. The van der Waals surface area contributed by atoms with E-state index in [9.17, 15) is 4.79 Å². The highest BCUT2D eigenvalue weighted by atomic mass is 16.7. The minimum atomic E-state index is -0.233. The average Bonchev–Trinajstić information content (AvgIpc) is 3.11. The number of hydrogen-bond donors (Lipinski definition) is 2. The first-order chi connectivity index (χ1) is 12.6. The molecule has 26 heavy (non-hydrogen) atoms. The molecule has 1 heterocycles. The Morgan fingerprint density at radius 2 is 1.92 bits per heavy atom. The first-order valence-electron chi connectivity index (χ1n) is 8.75. The van der Waals surface area contributed by atoms with Crippen LogP contribution in [-0.2, 0) is 6.54 Å². The summed E-state index contributed by atoms with van der Waals surface area (Å²) in [4.78, 5) is 11.9. The standard InChI is InChI=1S/C20H24N2O4/c1-14(2)16-5-3-4-6-17(16)24-10-9-21-20(23)22-12-15-7-8-18-19(11-15)26-13-25-18/h3-8,11,14H,9-10,12-13H2,1-2H3,(H2,21,22,23). The summed E-state index contributed by atoms with van der Waals surface area (Å²) in [5.41, 5.74) is 2.12. The third-order valence-electron chi connectivity index (χ3n) is 4.08. The van der Waals surface area contributed by atoms with E-state index in [1.807, 2.05) is 36.4 Å². The fraction of sp³-hybridized carbons (Fsp3) is 0.350. The molecular weight excluding hydrogens is 332 g/mol. The summed E-state index contributed by atoms with van der Waals surface area (Å²) in [6.07, 6.45) is 0. The van der Waals surface area contributed by atoms with E-state index in [1.165, 1.54) is 5.56 Å². The van der Waals surface area contributed by atoms with E-state index in [0.29, 0.717) is 31.4 Å². The number of fused-ring (bicyclic) bond motifs is 1. The fourth-order valence-corrected chi connectivity index (χ4v) is 2.71. The summed E-state index contributed by atoms with van der Waals surface area (Å²) >= 11 is 0. The lowest BCUT2D eigenvalue weighted by molar-refractivity contribution is 0.174. The molecule has 6 heteroatoms. The summed E-state index contributed by atoms with van der Waals surface area (Å²) in [6, 6.07) is 13.4. The Kier molecular flexibility index (Phi) is 5.84. The number of urea groups is 1. The Labute approximate surface area is 153 Å². The molecule has 0 spiro atoms. The van der Waals surface area contributed by atoms with Crippen LogP contribution >= 0.6 is 0 Å². The minimum Gasteiger partial charge on any atom is -0.491 e. The maximum atomic E-state index is 11.9. The van der Waals surface area contributed by atoms with Gasteiger partial charge < -0.3 is 24.8 Å². The molecule has 0 unspecified atom stereocenters. The zero-order valence-corrected chi connectivity index (χ0v) is 15.1. The predicted molar refractivity (Wildman–Crippen MR) is 98.8 cm³/mol. The van der Waals surface area contributed by atoms with Crippen LogP contribution < -0.4 is 24.8 Å². The van der Waals surface area contributed by atoms with Crippen LogP contribution in [0.1, 0.15) is 30.9 Å². The van der Waals surface area contributed by atoms with Crippen LogP contribution in [0.25, 0.3) is 0 Å². The zero-order chi connectivity index (χ0) is 18.4. The van der Waals surface area contributed by atoms with Crippen molar-refractivity contribution in [2.24, 2.45) is 0 Å². The Balaban J connectivity index is 1.38. The second-order valence-corrected chi connectivity index (χ2v) is 6.34. The molecule has 0 fully saturated rings. The van der Waals surface area contributed by atoms with Gasteiger partial charge in [0, 0.05) is 6.54 Å². The van der Waals surface area contributed by atoms with Gasteiger partial charge in [0.25, 0.3) is 0 Å². The first-order valence-corrected chi connectivity index (χ1v) is 8.75. The largest absolute Gasteiger partial charge is 0.491 e. The highest BCUT2D eigenvalue weighted by Crippen LogP contribution is 2.32. The highest BCUT2D eigenvalue weighted by molar-refractivity contribution is 5.73. The topological polar surface area (TPSA) is 68.8 Å². The molecular formula is C20H24N2O4. The van der Waals surface area contributed by atoms with Gasteiger partial charge in [-0.1, -0.05) is 38.1 Å². The van der Waals surface area contributed by atoms with Crippen LogP contribution in [-0.4, -0.2) is 26.0 Å². The number of hydrogen-bond acceptors (Lipinski definition) is 4. The molecule has 0 atom stereocenters. The van der Waals surface area contributed by atoms with Crippen LogP contribution in [0, 0.1) is 0 Å². The molecule has 2 N–H and O–H groups in total. The molecule has 138 valence electrons. The second-order valence-electron chi connectivity index (χ2n) is 6.34. The van der Waals surface area contributed by atoms with Crippen molar-refractivity contribution >= 4 is 6.03 Å². The number of para-hydroxylation sites is 1. The summed E-state index contributed by atoms with van der Waals surface area (Å²) < 4.78 is 16.4. The van der Waals surface area contributed by atoms with Crippen molar-refractivity contribution in [2.45, 2.75) is 26.3 Å². The van der Waals surface area contributed by atoms with Crippen LogP contribution in [0.3, 0.4) is 0 Å². The van der Waals surface area contributed by atoms with Gasteiger partial charge in [0.2, 0.25) is 6.79 Å². The van der Waals surface area contributed by atoms with E-state index < -0.39 is 0 Å². The summed E-state index contributed by atoms with van der Waals surface area (Å²) in [5.74, 6) is 2.70. The van der Waals surface area contributed by atoms with Gasteiger partial charge >= 0.3 is 6.03 Å². The van der Waals surface area contributed by atoms with Crippen molar-refractivity contribution in [1.29, 1.82) is 0 Å². The number of carbonyl (C=O) groups is 1. The number of ether oxygens (including phenoxy) is 3. The van der Waals surface area contributed by atoms with Crippen molar-refractivity contribution < 1.29 is 19.0 Å². The van der Waals surface area contributed by atoms with Crippen molar-refractivity contribution in [3.05, 3.63) is 53.6 Å². The van der Waals surface area contributed by atoms with Gasteiger partial charge in [-0.05, 0) is 35.2 Å². The Bertz CT molecular complexity index is 761. The Hall–Kier alpha value is -2.89. The lowest BCUT2D eigenvalue weighted by Gasteiger charge is -2.14. The van der Waals surface area contributed by atoms with E-state index in [2.05, 4.69) is 30.5 Å². The molecule has 0 radical (unpaired) electrons. The maximum Gasteiger partial charge on any atom is 0.315 e. The van der Waals surface area contributed by atoms with Gasteiger partial charge in [-0.2, -0.15) is 0 Å². The van der Waals surface area contributed by atoms with E-state index in [-0.39, 0.29) is 12.8 Å². The van der Waals surface area contributed by atoms with E-state index >= 15 is 0 Å². The van der Waals surface area contributed by atoms with Crippen LogP contribution in [0.4, 0.5) is 4.79 Å². The number of rotatable bonds is 7. The minimum absolute atomic E-state index is 0.233. The van der Waals surface area contributed by atoms with Gasteiger partial charge in [-0.15, -0.1) is 0 Å². The molecule has 0 bridgehead atoms. The lowest BCUT2D eigenvalue weighted by Crippen LogP contribution is -2.37. The van der Waals surface area contributed by atoms with E-state index in [1.54, 1.807) is 0 Å². The number of carbonyl (C=O) groups excluding carboxylic acids is 1. The normalized spacial score (nSPS) is 12.1. The molecule has 3 rings (SSSR count). The molecule has 2 aromatic carbocycles. The molecule has 2 amide bonds. The summed E-state index contributed by atoms with van der Waals surface area (Å²) in [6.45, 7) is 5.76. The Morgan fingerprint density at radius 1 is 1.12 bits per heavy atom. The fourth-order valence-electron chi connectivity index (χ4n) is 2.71. The molecule has 1 aliphatic rings. The Morgan fingerprint density at radius 3 is 2.77 bits per heavy atom. The molecule has 6 nitrogen and oxygen atoms in total.